The van der Waals surface area contributed by atoms with Crippen LogP contribution in [-0.2, 0) is 14.4 Å². The van der Waals surface area contributed by atoms with Gasteiger partial charge in [-0.2, -0.15) is 0 Å². The number of rotatable bonds is 5. The summed E-state index contributed by atoms with van der Waals surface area (Å²) in [7, 11) is 0. The second kappa shape index (κ2) is 8.89. The van der Waals surface area contributed by atoms with Gasteiger partial charge in [0.25, 0.3) is 0 Å². The van der Waals surface area contributed by atoms with Crippen molar-refractivity contribution in [2.45, 2.75) is 18.5 Å². The fraction of sp³-hybridized carbons (Fsp3) is 0.571. The molecular weight excluding hydrogens is 244 g/mol. The lowest BCUT2D eigenvalue weighted by molar-refractivity contribution is -0.144. The summed E-state index contributed by atoms with van der Waals surface area (Å²) in [6, 6.07) is -2.20. The molecule has 0 bridgehead atoms. The van der Waals surface area contributed by atoms with Crippen molar-refractivity contribution in [2.75, 3.05) is 5.88 Å². The molecule has 0 aliphatic rings. The van der Waals surface area contributed by atoms with Crippen LogP contribution in [-0.4, -0.2) is 51.2 Å². The van der Waals surface area contributed by atoms with E-state index in [1.54, 1.807) is 0 Å². The largest absolute Gasteiger partial charge is 0.481 e. The SMILES string of the molecule is NC(CC(=O)O)C(=O)O.NC(CCl)C(=O)O. The van der Waals surface area contributed by atoms with Crippen LogP contribution >= 0.6 is 11.6 Å². The summed E-state index contributed by atoms with van der Waals surface area (Å²) < 4.78 is 0. The van der Waals surface area contributed by atoms with Crippen molar-refractivity contribution in [3.05, 3.63) is 0 Å². The van der Waals surface area contributed by atoms with E-state index in [4.69, 9.17) is 38.4 Å². The van der Waals surface area contributed by atoms with Crippen LogP contribution in [0.15, 0.2) is 0 Å². The van der Waals surface area contributed by atoms with Gasteiger partial charge < -0.3 is 26.8 Å². The minimum atomic E-state index is -1.29. The standard InChI is InChI=1S/C4H7NO4.C3H6ClNO2/c5-2(4(8)9)1-3(6)7;4-1-2(5)3(6)7/h2H,1,5H2,(H,6,7)(H,8,9);2H,1,5H2,(H,6,7). The first-order valence-electron chi connectivity index (χ1n) is 3.96. The molecule has 0 spiro atoms. The molecule has 0 heterocycles. The minimum Gasteiger partial charge on any atom is -0.481 e. The maximum Gasteiger partial charge on any atom is 0.321 e. The Morgan fingerprint density at radius 1 is 1.00 bits per heavy atom. The number of aliphatic carboxylic acids is 3. The summed E-state index contributed by atoms with van der Waals surface area (Å²) in [6.45, 7) is 0. The molecule has 0 aromatic rings. The Labute approximate surface area is 95.8 Å². The van der Waals surface area contributed by atoms with Gasteiger partial charge in [0.15, 0.2) is 0 Å². The van der Waals surface area contributed by atoms with Crippen LogP contribution in [0.3, 0.4) is 0 Å². The number of nitrogens with two attached hydrogens (primary N) is 2. The molecule has 7 N–H and O–H groups in total. The molecule has 0 fully saturated rings. The van der Waals surface area contributed by atoms with Crippen LogP contribution in [0, 0.1) is 0 Å². The molecule has 0 saturated carbocycles. The Morgan fingerprint density at radius 2 is 1.38 bits per heavy atom. The van der Waals surface area contributed by atoms with Gasteiger partial charge in [-0.05, 0) is 0 Å². The van der Waals surface area contributed by atoms with E-state index in [1.165, 1.54) is 0 Å². The molecule has 0 saturated heterocycles. The van der Waals surface area contributed by atoms with Crippen molar-refractivity contribution >= 4 is 29.5 Å². The van der Waals surface area contributed by atoms with Gasteiger partial charge in [0.1, 0.15) is 12.1 Å². The van der Waals surface area contributed by atoms with Gasteiger partial charge in [-0.3, -0.25) is 14.4 Å². The van der Waals surface area contributed by atoms with Crippen LogP contribution < -0.4 is 11.5 Å². The second-order valence-electron chi connectivity index (χ2n) is 2.64. The van der Waals surface area contributed by atoms with Crippen molar-refractivity contribution in [1.82, 2.24) is 0 Å². The Kier molecular flexibility index (Phi) is 9.46. The van der Waals surface area contributed by atoms with E-state index in [1.807, 2.05) is 0 Å². The molecule has 0 radical (unpaired) electrons. The molecule has 0 amide bonds. The lowest BCUT2D eigenvalue weighted by Crippen LogP contribution is -2.32. The van der Waals surface area contributed by atoms with E-state index in [0.29, 0.717) is 0 Å². The summed E-state index contributed by atoms with van der Waals surface area (Å²) in [5, 5.41) is 24.0. The fourth-order valence-corrected chi connectivity index (χ4v) is 0.473. The molecule has 0 aliphatic carbocycles. The zero-order valence-corrected chi connectivity index (χ0v) is 8.92. The summed E-state index contributed by atoms with van der Waals surface area (Å²) in [5.74, 6) is -3.59. The minimum absolute atomic E-state index is 0.0324. The molecule has 94 valence electrons. The third kappa shape index (κ3) is 10.7. The Bertz CT molecular complexity index is 259. The maximum atomic E-state index is 9.85. The van der Waals surface area contributed by atoms with E-state index in [2.05, 4.69) is 0 Å². The topological polar surface area (TPSA) is 164 Å². The first kappa shape index (κ1) is 17.0. The highest BCUT2D eigenvalue weighted by Crippen LogP contribution is 1.86. The number of hydrogen-bond acceptors (Lipinski definition) is 5. The predicted octanol–water partition coefficient (Wildman–Crippen LogP) is -1.49. The van der Waals surface area contributed by atoms with Gasteiger partial charge in [-0.15, -0.1) is 11.6 Å². The van der Waals surface area contributed by atoms with Gasteiger partial charge in [0.05, 0.1) is 6.42 Å². The van der Waals surface area contributed by atoms with E-state index in [-0.39, 0.29) is 5.88 Å². The zero-order valence-electron chi connectivity index (χ0n) is 8.17. The second-order valence-corrected chi connectivity index (χ2v) is 2.95. The maximum absolute atomic E-state index is 9.85. The Morgan fingerprint density at radius 3 is 1.44 bits per heavy atom. The van der Waals surface area contributed by atoms with Gasteiger partial charge in [-0.25, -0.2) is 0 Å². The highest BCUT2D eigenvalue weighted by Gasteiger charge is 2.14. The molecule has 9 heteroatoms. The number of carboxylic acids is 3. The van der Waals surface area contributed by atoms with Crippen LogP contribution in [0.1, 0.15) is 6.42 Å². The normalized spacial score (nSPS) is 12.9. The van der Waals surface area contributed by atoms with Gasteiger partial charge in [-0.1, -0.05) is 0 Å². The highest BCUT2D eigenvalue weighted by atomic mass is 35.5. The molecule has 2 unspecified atom stereocenters. The smallest absolute Gasteiger partial charge is 0.321 e. The number of hydrogen-bond donors (Lipinski definition) is 5. The summed E-state index contributed by atoms with van der Waals surface area (Å²) in [6.07, 6.45) is -0.532. The van der Waals surface area contributed by atoms with Crippen LogP contribution in [0.2, 0.25) is 0 Å². The molecule has 0 aromatic carbocycles. The quantitative estimate of drug-likeness (QED) is 0.371. The van der Waals surface area contributed by atoms with E-state index in [0.717, 1.165) is 0 Å². The molecule has 8 nitrogen and oxygen atoms in total. The molecule has 2 atom stereocenters. The average Bonchev–Trinajstić information content (AvgIpc) is 2.16. The summed E-state index contributed by atoms with van der Waals surface area (Å²) in [4.78, 5) is 29.3. The van der Waals surface area contributed by atoms with Crippen molar-refractivity contribution in [2.24, 2.45) is 11.5 Å². The highest BCUT2D eigenvalue weighted by molar-refractivity contribution is 6.19. The number of carbonyl (C=O) groups is 3. The van der Waals surface area contributed by atoms with Crippen molar-refractivity contribution in [3.8, 4) is 0 Å². The van der Waals surface area contributed by atoms with Crippen molar-refractivity contribution in [3.63, 3.8) is 0 Å². The Balaban J connectivity index is 0. The first-order valence-corrected chi connectivity index (χ1v) is 4.50. The lowest BCUT2D eigenvalue weighted by atomic mass is 10.2. The predicted molar refractivity (Wildman–Crippen MR) is 54.2 cm³/mol. The van der Waals surface area contributed by atoms with Crippen LogP contribution in [0.25, 0.3) is 0 Å². The fourth-order valence-electron chi connectivity index (χ4n) is 0.341. The zero-order chi connectivity index (χ0) is 13.3. The van der Waals surface area contributed by atoms with E-state index in [9.17, 15) is 14.4 Å². The van der Waals surface area contributed by atoms with Crippen LogP contribution in [0.4, 0.5) is 0 Å². The third-order valence-electron chi connectivity index (χ3n) is 1.20. The molecule has 16 heavy (non-hydrogen) atoms. The van der Waals surface area contributed by atoms with Crippen molar-refractivity contribution < 1.29 is 29.7 Å². The molecule has 0 aromatic heterocycles. The third-order valence-corrected chi connectivity index (χ3v) is 1.53. The van der Waals surface area contributed by atoms with Crippen molar-refractivity contribution in [1.29, 1.82) is 0 Å². The van der Waals surface area contributed by atoms with Crippen LogP contribution in [0.5, 0.6) is 0 Å². The monoisotopic (exact) mass is 256 g/mol. The lowest BCUT2D eigenvalue weighted by Gasteiger charge is -1.99. The Hall–Kier alpha value is -1.38. The summed E-state index contributed by atoms with van der Waals surface area (Å²) in [5.41, 5.74) is 9.72. The van der Waals surface area contributed by atoms with E-state index < -0.39 is 36.4 Å². The molecule has 0 rings (SSSR count). The molecule has 0 aliphatic heterocycles. The van der Waals surface area contributed by atoms with Gasteiger partial charge in [0.2, 0.25) is 0 Å². The summed E-state index contributed by atoms with van der Waals surface area (Å²) >= 11 is 5.04. The van der Waals surface area contributed by atoms with Gasteiger partial charge >= 0.3 is 17.9 Å². The average molecular weight is 257 g/mol. The number of carboxylic acid groups (broad SMARTS) is 3. The number of alkyl halides is 1. The molecular formula is C7H13ClN2O6. The number of halogens is 1. The van der Waals surface area contributed by atoms with E-state index >= 15 is 0 Å². The van der Waals surface area contributed by atoms with Gasteiger partial charge in [0, 0.05) is 5.88 Å². The first-order chi connectivity index (χ1) is 7.22.